The van der Waals surface area contributed by atoms with Crippen molar-refractivity contribution in [2.24, 2.45) is 5.92 Å². The maximum Gasteiger partial charge on any atom is 0.307 e. The van der Waals surface area contributed by atoms with Gasteiger partial charge in [0.2, 0.25) is 5.91 Å². The lowest BCUT2D eigenvalue weighted by Crippen LogP contribution is -2.40. The minimum atomic E-state index is -0.331. The van der Waals surface area contributed by atoms with Crippen LogP contribution in [0, 0.1) is 11.7 Å². The minimum Gasteiger partial charge on any atom is -0.469 e. The van der Waals surface area contributed by atoms with Crippen molar-refractivity contribution >= 4 is 11.9 Å². The maximum absolute atomic E-state index is 13.4. The molecule has 3 atom stereocenters. The van der Waals surface area contributed by atoms with Crippen molar-refractivity contribution in [2.45, 2.75) is 37.7 Å². The van der Waals surface area contributed by atoms with Crippen molar-refractivity contribution in [2.75, 3.05) is 26.8 Å². The molecule has 1 aromatic carbocycles. The van der Waals surface area contributed by atoms with Crippen LogP contribution >= 0.6 is 0 Å². The molecule has 1 aliphatic carbocycles. The van der Waals surface area contributed by atoms with Gasteiger partial charge in [-0.25, -0.2) is 4.39 Å². The standard InChI is InChI=1S/C19H24FNO4/c1-24-18(22)7-8-21(12-15-6-3-9-25-15)19(23)17-11-16(17)13-4-2-5-14(20)10-13/h2,4-5,10,15-17H,3,6-9,11-12H2,1H3. The van der Waals surface area contributed by atoms with Crippen LogP contribution in [-0.2, 0) is 19.1 Å². The Morgan fingerprint density at radius 2 is 2.24 bits per heavy atom. The Morgan fingerprint density at radius 3 is 2.92 bits per heavy atom. The molecule has 1 aliphatic heterocycles. The molecule has 25 heavy (non-hydrogen) atoms. The van der Waals surface area contributed by atoms with Crippen LogP contribution in [0.1, 0.15) is 37.2 Å². The highest BCUT2D eigenvalue weighted by Gasteiger charge is 2.46. The number of hydrogen-bond acceptors (Lipinski definition) is 4. The normalized spacial score (nSPS) is 24.8. The second kappa shape index (κ2) is 7.95. The van der Waals surface area contributed by atoms with E-state index in [1.165, 1.54) is 19.2 Å². The fraction of sp³-hybridized carbons (Fsp3) is 0.579. The topological polar surface area (TPSA) is 55.8 Å². The third-order valence-corrected chi connectivity index (χ3v) is 4.96. The number of methoxy groups -OCH3 is 1. The van der Waals surface area contributed by atoms with Gasteiger partial charge in [0.1, 0.15) is 5.82 Å². The molecule has 6 heteroatoms. The lowest BCUT2D eigenvalue weighted by molar-refractivity contribution is -0.142. The number of carbonyl (C=O) groups is 2. The van der Waals surface area contributed by atoms with Crippen LogP contribution in [0.25, 0.3) is 0 Å². The molecule has 0 aromatic heterocycles. The Balaban J connectivity index is 1.63. The van der Waals surface area contributed by atoms with Gasteiger partial charge in [-0.3, -0.25) is 9.59 Å². The summed E-state index contributed by atoms with van der Waals surface area (Å²) < 4.78 is 23.7. The van der Waals surface area contributed by atoms with E-state index >= 15 is 0 Å². The molecule has 136 valence electrons. The average Bonchev–Trinajstić information content (AvgIpc) is 3.26. The summed E-state index contributed by atoms with van der Waals surface area (Å²) in [5.74, 6) is -0.664. The van der Waals surface area contributed by atoms with Gasteiger partial charge in [0.25, 0.3) is 0 Å². The molecule has 5 nitrogen and oxygen atoms in total. The zero-order valence-corrected chi connectivity index (χ0v) is 14.4. The van der Waals surface area contributed by atoms with E-state index in [9.17, 15) is 14.0 Å². The Morgan fingerprint density at radius 1 is 1.40 bits per heavy atom. The van der Waals surface area contributed by atoms with E-state index in [4.69, 9.17) is 4.74 Å². The van der Waals surface area contributed by atoms with E-state index in [2.05, 4.69) is 4.74 Å². The van der Waals surface area contributed by atoms with Crippen LogP contribution in [0.3, 0.4) is 0 Å². The summed E-state index contributed by atoms with van der Waals surface area (Å²) in [4.78, 5) is 26.1. The van der Waals surface area contributed by atoms with Gasteiger partial charge < -0.3 is 14.4 Å². The van der Waals surface area contributed by atoms with E-state index in [1.807, 2.05) is 6.07 Å². The SMILES string of the molecule is COC(=O)CCN(CC1CCCO1)C(=O)C1CC1c1cccc(F)c1. The van der Waals surface area contributed by atoms with E-state index < -0.39 is 0 Å². The third-order valence-electron chi connectivity index (χ3n) is 4.96. The molecule has 3 unspecified atom stereocenters. The first kappa shape index (κ1) is 17.9. The molecule has 0 N–H and O–H groups in total. The van der Waals surface area contributed by atoms with Gasteiger partial charge in [0, 0.05) is 25.6 Å². The largest absolute Gasteiger partial charge is 0.469 e. The summed E-state index contributed by atoms with van der Waals surface area (Å²) in [6.45, 7) is 1.55. The summed E-state index contributed by atoms with van der Waals surface area (Å²) in [6, 6.07) is 6.44. The molecule has 1 aromatic rings. The molecule has 2 aliphatic rings. The molecule has 1 heterocycles. The molecule has 2 fully saturated rings. The van der Waals surface area contributed by atoms with Gasteiger partial charge in [-0.2, -0.15) is 0 Å². The van der Waals surface area contributed by atoms with Crippen molar-refractivity contribution in [3.8, 4) is 0 Å². The molecular formula is C19H24FNO4. The van der Waals surface area contributed by atoms with E-state index in [0.717, 1.165) is 31.4 Å². The van der Waals surface area contributed by atoms with Crippen LogP contribution < -0.4 is 0 Å². The molecule has 0 spiro atoms. The van der Waals surface area contributed by atoms with Gasteiger partial charge in [-0.1, -0.05) is 12.1 Å². The smallest absolute Gasteiger partial charge is 0.307 e. The Hall–Kier alpha value is -1.95. The Kier molecular flexibility index (Phi) is 5.68. The molecule has 3 rings (SSSR count). The van der Waals surface area contributed by atoms with E-state index in [1.54, 1.807) is 11.0 Å². The zero-order chi connectivity index (χ0) is 17.8. The molecule has 1 amide bonds. The molecule has 1 saturated heterocycles. The molecule has 0 bridgehead atoms. The summed E-state index contributed by atoms with van der Waals surface area (Å²) in [5, 5.41) is 0. The number of rotatable bonds is 7. The number of nitrogens with zero attached hydrogens (tertiary/aromatic N) is 1. The second-order valence-electron chi connectivity index (χ2n) is 6.75. The van der Waals surface area contributed by atoms with Crippen LogP contribution in [0.5, 0.6) is 0 Å². The lowest BCUT2D eigenvalue weighted by Gasteiger charge is -2.25. The van der Waals surface area contributed by atoms with Gasteiger partial charge >= 0.3 is 5.97 Å². The minimum absolute atomic E-state index is 0.0219. The average molecular weight is 349 g/mol. The van der Waals surface area contributed by atoms with Crippen LogP contribution in [0.2, 0.25) is 0 Å². The van der Waals surface area contributed by atoms with Crippen molar-refractivity contribution in [3.05, 3.63) is 35.6 Å². The summed E-state index contributed by atoms with van der Waals surface area (Å²) in [6.07, 6.45) is 2.86. The molecule has 0 radical (unpaired) electrons. The predicted octanol–water partition coefficient (Wildman–Crippen LogP) is 2.50. The van der Waals surface area contributed by atoms with Crippen LogP contribution in [0.15, 0.2) is 24.3 Å². The number of esters is 1. The van der Waals surface area contributed by atoms with Crippen molar-refractivity contribution < 1.29 is 23.5 Å². The number of benzene rings is 1. The Labute approximate surface area is 147 Å². The summed E-state index contributed by atoms with van der Waals surface area (Å²) in [5.41, 5.74) is 0.864. The first-order valence-corrected chi connectivity index (χ1v) is 8.81. The first-order chi connectivity index (χ1) is 12.1. The highest BCUT2D eigenvalue weighted by Crippen LogP contribution is 2.48. The first-order valence-electron chi connectivity index (χ1n) is 8.81. The number of ether oxygens (including phenoxy) is 2. The highest BCUT2D eigenvalue weighted by atomic mass is 19.1. The number of carbonyl (C=O) groups excluding carboxylic acids is 2. The summed E-state index contributed by atoms with van der Waals surface area (Å²) in [7, 11) is 1.34. The predicted molar refractivity (Wildman–Crippen MR) is 89.4 cm³/mol. The van der Waals surface area contributed by atoms with Gasteiger partial charge in [-0.15, -0.1) is 0 Å². The number of amides is 1. The zero-order valence-electron chi connectivity index (χ0n) is 14.4. The number of hydrogen-bond donors (Lipinski definition) is 0. The molecule has 1 saturated carbocycles. The fourth-order valence-electron chi connectivity index (χ4n) is 3.46. The monoisotopic (exact) mass is 349 g/mol. The quantitative estimate of drug-likeness (QED) is 0.710. The highest BCUT2D eigenvalue weighted by molar-refractivity contribution is 5.83. The van der Waals surface area contributed by atoms with Crippen LogP contribution in [-0.4, -0.2) is 49.7 Å². The number of halogens is 1. The maximum atomic E-state index is 13.4. The van der Waals surface area contributed by atoms with Crippen LogP contribution in [0.4, 0.5) is 4.39 Å². The lowest BCUT2D eigenvalue weighted by atomic mass is 10.1. The van der Waals surface area contributed by atoms with Crippen molar-refractivity contribution in [1.82, 2.24) is 4.90 Å². The molecular weight excluding hydrogens is 325 g/mol. The van der Waals surface area contributed by atoms with E-state index in [-0.39, 0.29) is 42.1 Å². The summed E-state index contributed by atoms with van der Waals surface area (Å²) >= 11 is 0. The third kappa shape index (κ3) is 4.57. The van der Waals surface area contributed by atoms with Gasteiger partial charge in [-0.05, 0) is 42.9 Å². The van der Waals surface area contributed by atoms with Gasteiger partial charge in [0.05, 0.1) is 19.6 Å². The Bertz CT molecular complexity index is 630. The van der Waals surface area contributed by atoms with E-state index in [0.29, 0.717) is 13.1 Å². The van der Waals surface area contributed by atoms with Gasteiger partial charge in [0.15, 0.2) is 0 Å². The fourth-order valence-corrected chi connectivity index (χ4v) is 3.46. The van der Waals surface area contributed by atoms with Crippen molar-refractivity contribution in [1.29, 1.82) is 0 Å². The van der Waals surface area contributed by atoms with Crippen molar-refractivity contribution in [3.63, 3.8) is 0 Å². The second-order valence-corrected chi connectivity index (χ2v) is 6.75.